The summed E-state index contributed by atoms with van der Waals surface area (Å²) in [6.45, 7) is -0.260. The molecule has 3 aromatic heterocycles. The van der Waals surface area contributed by atoms with Gasteiger partial charge in [-0.3, -0.25) is 29.3 Å². The van der Waals surface area contributed by atoms with E-state index in [1.165, 1.54) is 22.4 Å². The number of amides is 3. The van der Waals surface area contributed by atoms with Crippen molar-refractivity contribution in [2.24, 2.45) is 0 Å². The van der Waals surface area contributed by atoms with Crippen LogP contribution in [0.5, 0.6) is 0 Å². The van der Waals surface area contributed by atoms with Gasteiger partial charge < -0.3 is 10.6 Å². The number of anilines is 1. The van der Waals surface area contributed by atoms with Gasteiger partial charge in [-0.1, -0.05) is 18.9 Å². The van der Waals surface area contributed by atoms with Crippen LogP contribution < -0.4 is 15.5 Å². The third-order valence-corrected chi connectivity index (χ3v) is 6.44. The molecule has 33 heavy (non-hydrogen) atoms. The fourth-order valence-corrected chi connectivity index (χ4v) is 4.62. The number of hydrogen-bond acceptors (Lipinski definition) is 6. The summed E-state index contributed by atoms with van der Waals surface area (Å²) in [5, 5.41) is 7.58. The van der Waals surface area contributed by atoms with Crippen LogP contribution in [0.15, 0.2) is 66.6 Å². The van der Waals surface area contributed by atoms with Gasteiger partial charge in [-0.25, -0.2) is 0 Å². The number of rotatable bonds is 8. The molecule has 170 valence electrons. The van der Waals surface area contributed by atoms with Crippen LogP contribution in [0.25, 0.3) is 0 Å². The Balaban J connectivity index is 1.63. The van der Waals surface area contributed by atoms with Crippen LogP contribution in [-0.2, 0) is 9.59 Å². The molecule has 2 N–H and O–H groups in total. The lowest BCUT2D eigenvalue weighted by atomic mass is 10.0. The summed E-state index contributed by atoms with van der Waals surface area (Å²) in [5.41, 5.74) is 1.10. The summed E-state index contributed by atoms with van der Waals surface area (Å²) in [4.78, 5) is 49.5. The maximum Gasteiger partial charge on any atom is 0.261 e. The maximum atomic E-state index is 13.5. The number of pyridine rings is 2. The van der Waals surface area contributed by atoms with Crippen molar-refractivity contribution in [3.05, 3.63) is 77.0 Å². The summed E-state index contributed by atoms with van der Waals surface area (Å²) in [5.74, 6) is -1.02. The van der Waals surface area contributed by atoms with Crippen LogP contribution in [-0.4, -0.2) is 40.3 Å². The van der Waals surface area contributed by atoms with E-state index < -0.39 is 11.9 Å². The van der Waals surface area contributed by atoms with E-state index in [-0.39, 0.29) is 24.4 Å². The second-order valence-corrected chi connectivity index (χ2v) is 8.76. The molecule has 3 aromatic rings. The van der Waals surface area contributed by atoms with Crippen molar-refractivity contribution in [1.29, 1.82) is 0 Å². The third-order valence-electron chi connectivity index (χ3n) is 5.57. The molecule has 3 amide bonds. The largest absolute Gasteiger partial charge is 0.351 e. The van der Waals surface area contributed by atoms with E-state index in [0.717, 1.165) is 25.7 Å². The van der Waals surface area contributed by atoms with Gasteiger partial charge in [0.1, 0.15) is 6.04 Å². The number of aromatic nitrogens is 2. The maximum absolute atomic E-state index is 13.5. The molecular formula is C24H25N5O3S. The fraction of sp³-hybridized carbons (Fsp3) is 0.292. The zero-order valence-corrected chi connectivity index (χ0v) is 18.8. The number of nitrogens with zero attached hydrogens (tertiary/aromatic N) is 3. The van der Waals surface area contributed by atoms with Crippen LogP contribution in [0.4, 0.5) is 5.69 Å². The zero-order chi connectivity index (χ0) is 23.0. The van der Waals surface area contributed by atoms with Crippen molar-refractivity contribution in [2.75, 3.05) is 11.4 Å². The minimum Gasteiger partial charge on any atom is -0.351 e. The first-order valence-corrected chi connectivity index (χ1v) is 11.8. The molecule has 0 radical (unpaired) electrons. The highest BCUT2D eigenvalue weighted by molar-refractivity contribution is 7.12. The van der Waals surface area contributed by atoms with Gasteiger partial charge in [-0.15, -0.1) is 11.3 Å². The van der Waals surface area contributed by atoms with Gasteiger partial charge in [-0.05, 0) is 54.1 Å². The summed E-state index contributed by atoms with van der Waals surface area (Å²) in [7, 11) is 0. The van der Waals surface area contributed by atoms with Crippen LogP contribution >= 0.6 is 11.3 Å². The van der Waals surface area contributed by atoms with E-state index in [1.807, 2.05) is 0 Å². The lowest BCUT2D eigenvalue weighted by Crippen LogP contribution is -2.49. The van der Waals surface area contributed by atoms with Crippen molar-refractivity contribution in [3.8, 4) is 0 Å². The van der Waals surface area contributed by atoms with E-state index in [2.05, 4.69) is 20.6 Å². The van der Waals surface area contributed by atoms with Crippen molar-refractivity contribution < 1.29 is 14.4 Å². The SMILES string of the molecule is O=C(NCC(=O)N(c1cccnc1)C(C(=O)NC1CCCC1)c1ccncc1)c1cccs1. The molecule has 0 saturated heterocycles. The number of carbonyl (C=O) groups excluding carboxylic acids is 3. The molecule has 1 saturated carbocycles. The lowest BCUT2D eigenvalue weighted by Gasteiger charge is -2.32. The van der Waals surface area contributed by atoms with E-state index in [4.69, 9.17) is 0 Å². The van der Waals surface area contributed by atoms with Crippen LogP contribution in [0.3, 0.4) is 0 Å². The van der Waals surface area contributed by atoms with Gasteiger partial charge >= 0.3 is 0 Å². The average Bonchev–Trinajstić information content (AvgIpc) is 3.56. The molecule has 9 heteroatoms. The van der Waals surface area contributed by atoms with Crippen LogP contribution in [0.1, 0.15) is 47.0 Å². The number of carbonyl (C=O) groups is 3. The first-order valence-electron chi connectivity index (χ1n) is 10.9. The molecule has 1 fully saturated rings. The minimum atomic E-state index is -0.927. The highest BCUT2D eigenvalue weighted by Gasteiger charge is 2.34. The standard InChI is InChI=1S/C24H25N5O3S/c30-21(16-27-23(31)20-8-4-14-33-20)29(19-7-3-11-26-15-19)22(17-9-12-25-13-10-17)24(32)28-18-5-1-2-6-18/h3-4,7-15,18,22H,1-2,5-6,16H2,(H,27,31)(H,28,32). The predicted molar refractivity (Wildman–Crippen MR) is 126 cm³/mol. The molecule has 1 unspecified atom stereocenters. The molecular weight excluding hydrogens is 438 g/mol. The van der Waals surface area contributed by atoms with Gasteiger partial charge in [0.05, 0.1) is 23.3 Å². The molecule has 0 aromatic carbocycles. The second-order valence-electron chi connectivity index (χ2n) is 7.81. The minimum absolute atomic E-state index is 0.0891. The Morgan fingerprint density at radius 1 is 1.03 bits per heavy atom. The number of nitrogens with one attached hydrogen (secondary N) is 2. The summed E-state index contributed by atoms with van der Waals surface area (Å²) in [6.07, 6.45) is 10.3. The topological polar surface area (TPSA) is 104 Å². The molecule has 0 bridgehead atoms. The van der Waals surface area contributed by atoms with E-state index in [0.29, 0.717) is 16.1 Å². The molecule has 3 heterocycles. The Kier molecular flexibility index (Phi) is 7.41. The van der Waals surface area contributed by atoms with E-state index in [9.17, 15) is 14.4 Å². The third kappa shape index (κ3) is 5.61. The first kappa shape index (κ1) is 22.6. The summed E-state index contributed by atoms with van der Waals surface area (Å²) >= 11 is 1.30. The average molecular weight is 464 g/mol. The highest BCUT2D eigenvalue weighted by atomic mass is 32.1. The quantitative estimate of drug-likeness (QED) is 0.534. The number of thiophene rings is 1. The van der Waals surface area contributed by atoms with Gasteiger partial charge in [0, 0.05) is 24.6 Å². The van der Waals surface area contributed by atoms with Gasteiger partial charge in [0.25, 0.3) is 5.91 Å². The van der Waals surface area contributed by atoms with E-state index in [1.54, 1.807) is 60.4 Å². The van der Waals surface area contributed by atoms with E-state index >= 15 is 0 Å². The zero-order valence-electron chi connectivity index (χ0n) is 18.0. The fourth-order valence-electron chi connectivity index (χ4n) is 3.98. The van der Waals surface area contributed by atoms with Crippen LogP contribution in [0.2, 0.25) is 0 Å². The Morgan fingerprint density at radius 2 is 1.82 bits per heavy atom. The van der Waals surface area contributed by atoms with Crippen molar-refractivity contribution in [3.63, 3.8) is 0 Å². The lowest BCUT2D eigenvalue weighted by molar-refractivity contribution is -0.126. The number of hydrogen-bond donors (Lipinski definition) is 2. The summed E-state index contributed by atoms with van der Waals surface area (Å²) < 4.78 is 0. The van der Waals surface area contributed by atoms with Crippen molar-refractivity contribution in [2.45, 2.75) is 37.8 Å². The Hall–Kier alpha value is -3.59. The van der Waals surface area contributed by atoms with Gasteiger partial charge in [0.2, 0.25) is 11.8 Å². The molecule has 0 spiro atoms. The molecule has 8 nitrogen and oxygen atoms in total. The van der Waals surface area contributed by atoms with Crippen molar-refractivity contribution >= 4 is 34.7 Å². The van der Waals surface area contributed by atoms with Gasteiger partial charge in [-0.2, -0.15) is 0 Å². The monoisotopic (exact) mass is 463 g/mol. The Labute approximate surface area is 196 Å². The molecule has 1 aliphatic rings. The predicted octanol–water partition coefficient (Wildman–Crippen LogP) is 3.10. The molecule has 1 atom stereocenters. The van der Waals surface area contributed by atoms with Crippen LogP contribution in [0, 0.1) is 0 Å². The normalized spacial score (nSPS) is 14.4. The Bertz CT molecular complexity index is 1070. The smallest absolute Gasteiger partial charge is 0.261 e. The summed E-state index contributed by atoms with van der Waals surface area (Å²) in [6, 6.07) is 9.50. The molecule has 4 rings (SSSR count). The first-order chi connectivity index (χ1) is 16.1. The highest BCUT2D eigenvalue weighted by Crippen LogP contribution is 2.28. The second kappa shape index (κ2) is 10.8. The Morgan fingerprint density at radius 3 is 2.48 bits per heavy atom. The molecule has 0 aliphatic heterocycles. The van der Waals surface area contributed by atoms with Crippen molar-refractivity contribution in [1.82, 2.24) is 20.6 Å². The van der Waals surface area contributed by atoms with Gasteiger partial charge in [0.15, 0.2) is 0 Å². The molecule has 1 aliphatic carbocycles.